The first-order chi connectivity index (χ1) is 3.70. The fraction of sp³-hybridized carbons (Fsp3) is 0.500. The van der Waals surface area contributed by atoms with Crippen LogP contribution in [0.25, 0.3) is 0 Å². The van der Waals surface area contributed by atoms with E-state index < -0.39 is 0 Å². The molecule has 0 aliphatic carbocycles. The average Bonchev–Trinajstić information content (AvgIpc) is 1.85. The van der Waals surface area contributed by atoms with E-state index >= 15 is 0 Å². The molecule has 2 nitrogen and oxygen atoms in total. The Hall–Kier alpha value is -0.102. The van der Waals surface area contributed by atoms with Crippen LogP contribution in [-0.4, -0.2) is 9.78 Å². The molecule has 1 aromatic heterocycles. The monoisotopic (exact) mass is 305 g/mol. The maximum absolute atomic E-state index is 4.13. The minimum atomic E-state index is 0. The van der Waals surface area contributed by atoms with Crippen LogP contribution in [-0.2, 0) is 28.1 Å². The van der Waals surface area contributed by atoms with Gasteiger partial charge in [0, 0.05) is 33.8 Å². The predicted molar refractivity (Wildman–Crippen MR) is 32.7 cm³/mol. The molecule has 3 heteroatoms. The van der Waals surface area contributed by atoms with Gasteiger partial charge < -0.3 is 0 Å². The molecule has 0 atom stereocenters. The zero-order chi connectivity index (χ0) is 6.15. The summed E-state index contributed by atoms with van der Waals surface area (Å²) >= 11 is 0. The fourth-order valence-electron chi connectivity index (χ4n) is 0.740. The zero-order valence-electron chi connectivity index (χ0n) is 5.79. The maximum Gasteiger partial charge on any atom is 0.0596 e. The van der Waals surface area contributed by atoms with E-state index in [2.05, 4.69) is 11.2 Å². The molecule has 1 rings (SSSR count). The largest absolute Gasteiger partial charge is 0.273 e. The van der Waals surface area contributed by atoms with Gasteiger partial charge in [0.15, 0.2) is 0 Å². The number of aromatic nitrogens is 2. The third-order valence-electron chi connectivity index (χ3n) is 1.24. The molecule has 0 aromatic carbocycles. The van der Waals surface area contributed by atoms with Gasteiger partial charge in [-0.25, -0.2) is 0 Å². The van der Waals surface area contributed by atoms with Crippen LogP contribution in [0.4, 0.5) is 0 Å². The van der Waals surface area contributed by atoms with Gasteiger partial charge in [0.25, 0.3) is 0 Å². The van der Waals surface area contributed by atoms with Crippen molar-refractivity contribution in [3.05, 3.63) is 17.5 Å². The summed E-state index contributed by atoms with van der Waals surface area (Å²) in [6.07, 6.45) is 0. The van der Waals surface area contributed by atoms with Gasteiger partial charge in [-0.05, 0) is 19.9 Å². The van der Waals surface area contributed by atoms with Crippen LogP contribution >= 0.6 is 0 Å². The van der Waals surface area contributed by atoms with E-state index in [1.54, 1.807) is 0 Å². The third kappa shape index (κ3) is 1.94. The molecule has 0 spiro atoms. The van der Waals surface area contributed by atoms with Crippen LogP contribution in [0.1, 0.15) is 11.4 Å². The van der Waals surface area contributed by atoms with Crippen molar-refractivity contribution < 1.29 is 21.1 Å². The van der Waals surface area contributed by atoms with Gasteiger partial charge in [0.05, 0.1) is 5.69 Å². The van der Waals surface area contributed by atoms with Crippen molar-refractivity contribution >= 4 is 0 Å². The van der Waals surface area contributed by atoms with Crippen molar-refractivity contribution in [2.75, 3.05) is 0 Å². The van der Waals surface area contributed by atoms with E-state index in [-0.39, 0.29) is 21.1 Å². The quantitative estimate of drug-likeness (QED) is 0.700. The summed E-state index contributed by atoms with van der Waals surface area (Å²) in [4.78, 5) is 0. The van der Waals surface area contributed by atoms with Crippen molar-refractivity contribution in [1.29, 1.82) is 0 Å². The van der Waals surface area contributed by atoms with E-state index in [4.69, 9.17) is 0 Å². The van der Waals surface area contributed by atoms with E-state index in [0.717, 1.165) is 5.69 Å². The molecule has 0 bridgehead atoms. The minimum Gasteiger partial charge on any atom is -0.273 e. The normalized spacial score (nSPS) is 8.78. The standard InChI is InChI=1S/C6H10N2.Pt/c1-5-4-6(2)8(3)7-5;/h4H,1-3H3;. The molecule has 0 amide bonds. The molecule has 0 saturated heterocycles. The van der Waals surface area contributed by atoms with Crippen LogP contribution < -0.4 is 0 Å². The maximum atomic E-state index is 4.13. The molecule has 0 aliphatic rings. The van der Waals surface area contributed by atoms with Gasteiger partial charge in [0.2, 0.25) is 0 Å². The van der Waals surface area contributed by atoms with Gasteiger partial charge >= 0.3 is 0 Å². The van der Waals surface area contributed by atoms with Crippen LogP contribution in [0.15, 0.2) is 6.07 Å². The molecule has 0 fully saturated rings. The molecule has 54 valence electrons. The Kier molecular flexibility index (Phi) is 3.13. The van der Waals surface area contributed by atoms with Gasteiger partial charge in [-0.3, -0.25) is 4.68 Å². The van der Waals surface area contributed by atoms with Crippen LogP contribution in [0.5, 0.6) is 0 Å². The number of aryl methyl sites for hydroxylation is 3. The summed E-state index contributed by atoms with van der Waals surface area (Å²) in [5.74, 6) is 0. The molecule has 1 heterocycles. The summed E-state index contributed by atoms with van der Waals surface area (Å²) in [7, 11) is 1.95. The van der Waals surface area contributed by atoms with Gasteiger partial charge in [-0.15, -0.1) is 0 Å². The Morgan fingerprint density at radius 1 is 1.44 bits per heavy atom. The second-order valence-electron chi connectivity index (χ2n) is 2.05. The summed E-state index contributed by atoms with van der Waals surface area (Å²) in [5, 5.41) is 4.13. The van der Waals surface area contributed by atoms with Crippen molar-refractivity contribution in [2.45, 2.75) is 13.8 Å². The molecular formula is C6H10N2Pt. The van der Waals surface area contributed by atoms with E-state index in [1.807, 2.05) is 25.6 Å². The minimum absolute atomic E-state index is 0. The Morgan fingerprint density at radius 3 is 2.11 bits per heavy atom. The first kappa shape index (κ1) is 8.90. The van der Waals surface area contributed by atoms with Crippen LogP contribution in [0.2, 0.25) is 0 Å². The van der Waals surface area contributed by atoms with Crippen LogP contribution in [0, 0.1) is 13.8 Å². The molecule has 1 aromatic rings. The number of rotatable bonds is 0. The van der Waals surface area contributed by atoms with Gasteiger partial charge in [-0.1, -0.05) is 0 Å². The summed E-state index contributed by atoms with van der Waals surface area (Å²) in [6, 6.07) is 2.06. The van der Waals surface area contributed by atoms with Gasteiger partial charge in [-0.2, -0.15) is 5.10 Å². The van der Waals surface area contributed by atoms with Crippen molar-refractivity contribution in [1.82, 2.24) is 9.78 Å². The van der Waals surface area contributed by atoms with Crippen molar-refractivity contribution in [3.8, 4) is 0 Å². The smallest absolute Gasteiger partial charge is 0.0596 e. The Morgan fingerprint density at radius 2 is 2.00 bits per heavy atom. The first-order valence-electron chi connectivity index (χ1n) is 2.67. The predicted octanol–water partition coefficient (Wildman–Crippen LogP) is 1.03. The number of nitrogens with zero attached hydrogens (tertiary/aromatic N) is 2. The average molecular weight is 305 g/mol. The number of hydrogen-bond donors (Lipinski definition) is 0. The zero-order valence-corrected chi connectivity index (χ0v) is 8.06. The molecule has 0 saturated carbocycles. The fourth-order valence-corrected chi connectivity index (χ4v) is 0.740. The van der Waals surface area contributed by atoms with Crippen molar-refractivity contribution in [3.63, 3.8) is 0 Å². The molecule has 0 radical (unpaired) electrons. The molecular weight excluding hydrogens is 295 g/mol. The SMILES string of the molecule is Cc1cc(C)n(C)n1.[Pt]. The number of hydrogen-bond acceptors (Lipinski definition) is 1. The molecule has 0 N–H and O–H groups in total. The Balaban J connectivity index is 0.000000640. The van der Waals surface area contributed by atoms with E-state index in [1.165, 1.54) is 5.69 Å². The molecule has 0 aliphatic heterocycles. The Labute approximate surface area is 69.5 Å². The second-order valence-corrected chi connectivity index (χ2v) is 2.05. The Bertz CT molecular complexity index is 173. The molecule has 0 unspecified atom stereocenters. The van der Waals surface area contributed by atoms with Gasteiger partial charge in [0.1, 0.15) is 0 Å². The summed E-state index contributed by atoms with van der Waals surface area (Å²) in [5.41, 5.74) is 2.30. The van der Waals surface area contributed by atoms with E-state index in [9.17, 15) is 0 Å². The summed E-state index contributed by atoms with van der Waals surface area (Å²) < 4.78 is 1.87. The van der Waals surface area contributed by atoms with Crippen molar-refractivity contribution in [2.24, 2.45) is 7.05 Å². The molecule has 9 heavy (non-hydrogen) atoms. The topological polar surface area (TPSA) is 17.8 Å². The summed E-state index contributed by atoms with van der Waals surface area (Å²) in [6.45, 7) is 4.03. The second kappa shape index (κ2) is 3.16. The van der Waals surface area contributed by atoms with E-state index in [0.29, 0.717) is 0 Å². The third-order valence-corrected chi connectivity index (χ3v) is 1.24. The van der Waals surface area contributed by atoms with Crippen LogP contribution in [0.3, 0.4) is 0 Å². The first-order valence-corrected chi connectivity index (χ1v) is 2.67.